The van der Waals surface area contributed by atoms with E-state index in [1.54, 1.807) is 0 Å². The molecule has 2 amide bonds. The number of non-ortho nitro benzene ring substituents is 1. The number of hydrogen-bond acceptors (Lipinski definition) is 6. The van der Waals surface area contributed by atoms with Crippen molar-refractivity contribution in [1.82, 2.24) is 10.6 Å². The summed E-state index contributed by atoms with van der Waals surface area (Å²) in [5.41, 5.74) is 1.37. The predicted molar refractivity (Wildman–Crippen MR) is 108 cm³/mol. The fraction of sp³-hybridized carbons (Fsp3) is 0.286. The summed E-state index contributed by atoms with van der Waals surface area (Å²) in [5, 5.41) is 16.0. The number of amides is 2. The molecule has 2 rings (SSSR count). The van der Waals surface area contributed by atoms with Gasteiger partial charge in [-0.15, -0.1) is 0 Å². The molecule has 2 aromatic rings. The van der Waals surface area contributed by atoms with E-state index in [-0.39, 0.29) is 24.4 Å². The van der Waals surface area contributed by atoms with Crippen LogP contribution >= 0.6 is 0 Å². The molecule has 0 heterocycles. The molecule has 0 saturated heterocycles. The zero-order chi connectivity index (χ0) is 22.1. The van der Waals surface area contributed by atoms with Crippen LogP contribution in [0.25, 0.3) is 0 Å². The number of nitrogens with zero attached hydrogens (tertiary/aromatic N) is 1. The minimum Gasteiger partial charge on any atom is -0.467 e. The number of rotatable bonds is 9. The average Bonchev–Trinajstić information content (AvgIpc) is 2.73. The number of esters is 1. The summed E-state index contributed by atoms with van der Waals surface area (Å²) in [5.74, 6) is -1.58. The molecule has 0 aromatic heterocycles. The van der Waals surface area contributed by atoms with Crippen molar-refractivity contribution < 1.29 is 24.0 Å². The fourth-order valence-electron chi connectivity index (χ4n) is 2.90. The van der Waals surface area contributed by atoms with Gasteiger partial charge < -0.3 is 15.4 Å². The number of methoxy groups -OCH3 is 1. The molecule has 0 aliphatic carbocycles. The first kappa shape index (κ1) is 22.5. The molecule has 158 valence electrons. The third-order valence-corrected chi connectivity index (χ3v) is 4.37. The number of nitrogens with one attached hydrogen (secondary N) is 2. The highest BCUT2D eigenvalue weighted by Crippen LogP contribution is 2.14. The highest BCUT2D eigenvalue weighted by Gasteiger charge is 2.27. The average molecular weight is 413 g/mol. The third kappa shape index (κ3) is 6.69. The Labute approximate surface area is 173 Å². The third-order valence-electron chi connectivity index (χ3n) is 4.37. The van der Waals surface area contributed by atoms with Crippen molar-refractivity contribution >= 4 is 23.5 Å². The maximum absolute atomic E-state index is 12.8. The molecule has 0 fully saturated rings. The quantitative estimate of drug-likeness (QED) is 0.365. The monoisotopic (exact) mass is 413 g/mol. The number of carbonyl (C=O) groups is 3. The van der Waals surface area contributed by atoms with Gasteiger partial charge in [-0.2, -0.15) is 0 Å². The van der Waals surface area contributed by atoms with E-state index < -0.39 is 28.9 Å². The lowest BCUT2D eigenvalue weighted by molar-refractivity contribution is -0.384. The summed E-state index contributed by atoms with van der Waals surface area (Å²) in [6.07, 6.45) is 0.326. The lowest BCUT2D eigenvalue weighted by Gasteiger charge is -2.22. The summed E-state index contributed by atoms with van der Waals surface area (Å²) < 4.78 is 4.78. The fourth-order valence-corrected chi connectivity index (χ4v) is 2.90. The molecule has 0 radical (unpaired) electrons. The van der Waals surface area contributed by atoms with E-state index in [4.69, 9.17) is 4.74 Å². The normalized spacial score (nSPS) is 12.3. The van der Waals surface area contributed by atoms with E-state index in [0.29, 0.717) is 5.56 Å². The maximum atomic E-state index is 12.8. The van der Waals surface area contributed by atoms with Gasteiger partial charge in [0.2, 0.25) is 11.8 Å². The van der Waals surface area contributed by atoms with Crippen LogP contribution in [0.3, 0.4) is 0 Å². The number of benzene rings is 2. The maximum Gasteiger partial charge on any atom is 0.328 e. The lowest BCUT2D eigenvalue weighted by atomic mass is 10.0. The standard InChI is InChI=1S/C21H23N3O6/c1-14(25)22-18(12-15-6-4-3-5-7-15)20(26)23-19(21(27)30-2)13-16-8-10-17(11-9-16)24(28)29/h3-11,18-19H,12-13H2,1-2H3,(H,22,25)(H,23,26)/t18-,19+/m0/s1. The van der Waals surface area contributed by atoms with Crippen molar-refractivity contribution in [3.63, 3.8) is 0 Å². The van der Waals surface area contributed by atoms with Crippen LogP contribution in [0.15, 0.2) is 54.6 Å². The van der Waals surface area contributed by atoms with Gasteiger partial charge in [0.15, 0.2) is 0 Å². The molecule has 0 aliphatic rings. The SMILES string of the molecule is COC(=O)[C@@H](Cc1ccc([N+](=O)[O-])cc1)NC(=O)[C@H](Cc1ccccc1)NC(C)=O. The zero-order valence-electron chi connectivity index (χ0n) is 16.7. The Hall–Kier alpha value is -3.75. The van der Waals surface area contributed by atoms with E-state index in [0.717, 1.165) is 5.56 Å². The second kappa shape index (κ2) is 10.7. The van der Waals surface area contributed by atoms with Crippen molar-refractivity contribution in [3.05, 3.63) is 75.8 Å². The molecule has 0 aliphatic heterocycles. The van der Waals surface area contributed by atoms with Crippen LogP contribution < -0.4 is 10.6 Å². The Balaban J connectivity index is 2.15. The predicted octanol–water partition coefficient (Wildman–Crippen LogP) is 1.54. The molecule has 0 spiro atoms. The summed E-state index contributed by atoms with van der Waals surface area (Å²) in [4.78, 5) is 46.9. The summed E-state index contributed by atoms with van der Waals surface area (Å²) in [7, 11) is 1.20. The summed E-state index contributed by atoms with van der Waals surface area (Å²) >= 11 is 0. The Morgan fingerprint density at radius 1 is 0.933 bits per heavy atom. The number of nitro benzene ring substituents is 1. The Kier molecular flexibility index (Phi) is 8.04. The number of hydrogen-bond donors (Lipinski definition) is 2. The van der Waals surface area contributed by atoms with Crippen LogP contribution in [0.1, 0.15) is 18.1 Å². The first-order valence-electron chi connectivity index (χ1n) is 9.22. The van der Waals surface area contributed by atoms with E-state index in [1.807, 2.05) is 30.3 Å². The Morgan fingerprint density at radius 2 is 1.50 bits per heavy atom. The van der Waals surface area contributed by atoms with Crippen molar-refractivity contribution in [2.24, 2.45) is 0 Å². The highest BCUT2D eigenvalue weighted by molar-refractivity contribution is 5.90. The van der Waals surface area contributed by atoms with Crippen LogP contribution in [0.4, 0.5) is 5.69 Å². The van der Waals surface area contributed by atoms with Crippen LogP contribution in [0.2, 0.25) is 0 Å². The topological polar surface area (TPSA) is 128 Å². The molecular weight excluding hydrogens is 390 g/mol. The van der Waals surface area contributed by atoms with Crippen LogP contribution in [-0.4, -0.2) is 41.9 Å². The van der Waals surface area contributed by atoms with Crippen molar-refractivity contribution in [3.8, 4) is 0 Å². The van der Waals surface area contributed by atoms with Crippen LogP contribution in [-0.2, 0) is 32.0 Å². The zero-order valence-corrected chi connectivity index (χ0v) is 16.7. The second-order valence-corrected chi connectivity index (χ2v) is 6.65. The van der Waals surface area contributed by atoms with Crippen molar-refractivity contribution in [2.45, 2.75) is 31.8 Å². The summed E-state index contributed by atoms with van der Waals surface area (Å²) in [6, 6.07) is 12.9. The van der Waals surface area contributed by atoms with Gasteiger partial charge in [-0.3, -0.25) is 19.7 Å². The van der Waals surface area contributed by atoms with Gasteiger partial charge in [0.25, 0.3) is 5.69 Å². The van der Waals surface area contributed by atoms with E-state index in [9.17, 15) is 24.5 Å². The van der Waals surface area contributed by atoms with Gasteiger partial charge in [0.1, 0.15) is 12.1 Å². The van der Waals surface area contributed by atoms with Crippen molar-refractivity contribution in [1.29, 1.82) is 0 Å². The van der Waals surface area contributed by atoms with Gasteiger partial charge in [-0.1, -0.05) is 42.5 Å². The highest BCUT2D eigenvalue weighted by atomic mass is 16.6. The minimum absolute atomic E-state index is 0.0778. The van der Waals surface area contributed by atoms with E-state index >= 15 is 0 Å². The molecular formula is C21H23N3O6. The smallest absolute Gasteiger partial charge is 0.328 e. The molecule has 2 N–H and O–H groups in total. The Morgan fingerprint density at radius 3 is 2.03 bits per heavy atom. The van der Waals surface area contributed by atoms with Gasteiger partial charge in [-0.05, 0) is 11.1 Å². The van der Waals surface area contributed by atoms with Gasteiger partial charge in [-0.25, -0.2) is 4.79 Å². The molecule has 9 heteroatoms. The van der Waals surface area contributed by atoms with E-state index in [2.05, 4.69) is 10.6 Å². The molecule has 0 saturated carbocycles. The molecule has 2 atom stereocenters. The largest absolute Gasteiger partial charge is 0.467 e. The van der Waals surface area contributed by atoms with Gasteiger partial charge >= 0.3 is 5.97 Å². The molecule has 0 bridgehead atoms. The lowest BCUT2D eigenvalue weighted by Crippen LogP contribution is -2.53. The summed E-state index contributed by atoms with van der Waals surface area (Å²) in [6.45, 7) is 1.31. The first-order valence-corrected chi connectivity index (χ1v) is 9.22. The minimum atomic E-state index is -1.02. The molecule has 0 unspecified atom stereocenters. The van der Waals surface area contributed by atoms with Crippen LogP contribution in [0, 0.1) is 10.1 Å². The number of carbonyl (C=O) groups excluding carboxylic acids is 3. The van der Waals surface area contributed by atoms with Gasteiger partial charge in [0.05, 0.1) is 12.0 Å². The van der Waals surface area contributed by atoms with Crippen LogP contribution in [0.5, 0.6) is 0 Å². The van der Waals surface area contributed by atoms with E-state index in [1.165, 1.54) is 38.3 Å². The second-order valence-electron chi connectivity index (χ2n) is 6.65. The van der Waals surface area contributed by atoms with Gasteiger partial charge in [0, 0.05) is 31.9 Å². The first-order chi connectivity index (χ1) is 14.3. The van der Waals surface area contributed by atoms with Crippen molar-refractivity contribution in [2.75, 3.05) is 7.11 Å². The molecule has 9 nitrogen and oxygen atoms in total. The number of ether oxygens (including phenoxy) is 1. The number of nitro groups is 1. The Bertz CT molecular complexity index is 899. The molecule has 2 aromatic carbocycles. The molecule has 30 heavy (non-hydrogen) atoms.